The molecule has 55 heavy (non-hydrogen) atoms. The van der Waals surface area contributed by atoms with E-state index in [-0.39, 0.29) is 0 Å². The predicted molar refractivity (Wildman–Crippen MR) is 234 cm³/mol. The van der Waals surface area contributed by atoms with Crippen LogP contribution in [0.2, 0.25) is 0 Å². The summed E-state index contributed by atoms with van der Waals surface area (Å²) in [6.45, 7) is 28.6. The van der Waals surface area contributed by atoms with E-state index in [1.807, 2.05) is 90.7 Å². The molecule has 0 bridgehead atoms. The number of benzene rings is 1. The second-order valence-electron chi connectivity index (χ2n) is 13.0. The van der Waals surface area contributed by atoms with Gasteiger partial charge in [-0.2, -0.15) is 0 Å². The monoisotopic (exact) mass is 755 g/mol. The Balaban J connectivity index is 0.000000321. The smallest absolute Gasteiger partial charge is 0.115 e. The first kappa shape index (κ1) is 47.6. The lowest BCUT2D eigenvalue weighted by Crippen LogP contribution is -1.87. The third-order valence-corrected chi connectivity index (χ3v) is 9.62. The van der Waals surface area contributed by atoms with Crippen molar-refractivity contribution in [1.82, 2.24) is 34.9 Å². The van der Waals surface area contributed by atoms with E-state index in [0.29, 0.717) is 0 Å². The molecule has 0 radical (unpaired) electrons. The number of hydrogen-bond donors (Lipinski definition) is 0. The Morgan fingerprint density at radius 2 is 0.764 bits per heavy atom. The highest BCUT2D eigenvalue weighted by molar-refractivity contribution is 7.10. The third kappa shape index (κ3) is 21.1. The maximum absolute atomic E-state index is 4.08. The standard InChI is InChI=1S/C8H10.3C7H9N.2C6H8N2.C6H8S/c1-7-5-3-4-6-8(7)2;1-6-3-4-8-5-7(6)2;2*1-6-4-3-5-8-7(6)2;1-5-3-7-4-8-6(5)2;1-5-6(2)8-4-3-7-5;1-5-3-4-7-6(5)2/h3-6H,1-2H3;3*3-5H,1-2H3;2*3-4H,1-2H3;3-4H,1-2H3. The Kier molecular flexibility index (Phi) is 23.5. The maximum Gasteiger partial charge on any atom is 0.115 e. The van der Waals surface area contributed by atoms with Crippen molar-refractivity contribution in [2.75, 3.05) is 0 Å². The van der Waals surface area contributed by atoms with Crippen LogP contribution in [0.15, 0.2) is 116 Å². The molecule has 0 aliphatic carbocycles. The first-order valence-electron chi connectivity index (χ1n) is 18.3. The Labute approximate surface area is 335 Å². The molecule has 0 N–H and O–H groups in total. The fourth-order valence-electron chi connectivity index (χ4n) is 3.72. The summed E-state index contributed by atoms with van der Waals surface area (Å²) >= 11 is 1.80. The van der Waals surface area contributed by atoms with Gasteiger partial charge in [-0.25, -0.2) is 9.97 Å². The molecule has 0 aliphatic rings. The molecule has 7 rings (SSSR count). The first-order chi connectivity index (χ1) is 26.1. The summed E-state index contributed by atoms with van der Waals surface area (Å²) in [5.74, 6) is 0. The number of pyridine rings is 3. The molecule has 0 fully saturated rings. The molecule has 0 saturated carbocycles. The van der Waals surface area contributed by atoms with Crippen molar-refractivity contribution in [3.05, 3.63) is 194 Å². The summed E-state index contributed by atoms with van der Waals surface area (Å²) in [7, 11) is 0. The van der Waals surface area contributed by atoms with Gasteiger partial charge in [0.2, 0.25) is 0 Å². The fourth-order valence-corrected chi connectivity index (χ4v) is 4.45. The van der Waals surface area contributed by atoms with E-state index in [1.165, 1.54) is 43.8 Å². The van der Waals surface area contributed by atoms with E-state index in [1.54, 1.807) is 30.1 Å². The zero-order valence-corrected chi connectivity index (χ0v) is 36.3. The predicted octanol–water partition coefficient (Wildman–Crippen LogP) is 12.0. The summed E-state index contributed by atoms with van der Waals surface area (Å²) in [6, 6.07) is 20.5. The second kappa shape index (κ2) is 27.2. The van der Waals surface area contributed by atoms with Gasteiger partial charge in [-0.05, 0) is 171 Å². The summed E-state index contributed by atoms with van der Waals surface area (Å²) in [5, 5.41) is 2.12. The SMILES string of the molecule is Cc1ccccc1C.Cc1cccnc1C.Cc1cccnc1C.Cc1ccncc1C.Cc1ccsc1C.Cc1cncnc1C.Cc1nccnc1C. The molecule has 6 heterocycles. The van der Waals surface area contributed by atoms with E-state index in [2.05, 4.69) is 138 Å². The van der Waals surface area contributed by atoms with Crippen LogP contribution in [0, 0.1) is 96.9 Å². The summed E-state index contributed by atoms with van der Waals surface area (Å²) < 4.78 is 0. The van der Waals surface area contributed by atoms with E-state index in [0.717, 1.165) is 34.0 Å². The number of aromatic nitrogens is 7. The van der Waals surface area contributed by atoms with Gasteiger partial charge < -0.3 is 0 Å². The van der Waals surface area contributed by atoms with Gasteiger partial charge in [0.05, 0.1) is 11.4 Å². The zero-order chi connectivity index (χ0) is 41.2. The van der Waals surface area contributed by atoms with E-state index >= 15 is 0 Å². The van der Waals surface area contributed by atoms with Crippen LogP contribution in [-0.2, 0) is 0 Å². The Bertz CT molecular complexity index is 1610. The maximum atomic E-state index is 4.08. The van der Waals surface area contributed by atoms with Gasteiger partial charge in [0, 0.05) is 65.3 Å². The average molecular weight is 756 g/mol. The molecule has 7 nitrogen and oxygen atoms in total. The Morgan fingerprint density at radius 3 is 1.02 bits per heavy atom. The van der Waals surface area contributed by atoms with Crippen LogP contribution in [0.4, 0.5) is 0 Å². The van der Waals surface area contributed by atoms with Crippen molar-refractivity contribution < 1.29 is 0 Å². The Morgan fingerprint density at radius 1 is 0.327 bits per heavy atom. The van der Waals surface area contributed by atoms with E-state index in [4.69, 9.17) is 0 Å². The van der Waals surface area contributed by atoms with Crippen LogP contribution >= 0.6 is 11.3 Å². The molecule has 0 amide bonds. The van der Waals surface area contributed by atoms with E-state index in [9.17, 15) is 0 Å². The van der Waals surface area contributed by atoms with Crippen molar-refractivity contribution in [3.8, 4) is 0 Å². The molecule has 0 unspecified atom stereocenters. The second-order valence-corrected chi connectivity index (χ2v) is 14.2. The average Bonchev–Trinajstić information content (AvgIpc) is 3.55. The van der Waals surface area contributed by atoms with Gasteiger partial charge in [-0.1, -0.05) is 36.4 Å². The van der Waals surface area contributed by atoms with Crippen molar-refractivity contribution in [2.45, 2.75) is 96.9 Å². The fraction of sp³-hybridized carbons (Fsp3) is 0.298. The molecule has 6 aromatic heterocycles. The molecule has 0 aliphatic heterocycles. The molecule has 0 atom stereocenters. The van der Waals surface area contributed by atoms with Crippen molar-refractivity contribution in [1.29, 1.82) is 0 Å². The topological polar surface area (TPSA) is 90.2 Å². The van der Waals surface area contributed by atoms with Crippen LogP contribution in [0.25, 0.3) is 0 Å². The highest BCUT2D eigenvalue weighted by atomic mass is 32.1. The largest absolute Gasteiger partial charge is 0.264 e. The first-order valence-corrected chi connectivity index (χ1v) is 19.2. The van der Waals surface area contributed by atoms with Gasteiger partial charge in [-0.3, -0.25) is 24.9 Å². The third-order valence-electron chi connectivity index (χ3n) is 8.67. The number of nitrogens with zero attached hydrogens (tertiary/aromatic N) is 7. The van der Waals surface area contributed by atoms with Crippen LogP contribution in [0.1, 0.15) is 77.9 Å². The number of hydrogen-bond acceptors (Lipinski definition) is 8. The minimum Gasteiger partial charge on any atom is -0.264 e. The molecule has 1 aromatic carbocycles. The van der Waals surface area contributed by atoms with Gasteiger partial charge in [0.1, 0.15) is 6.33 Å². The molecular formula is C47H61N7S. The van der Waals surface area contributed by atoms with Crippen LogP contribution < -0.4 is 0 Å². The number of thiophene rings is 1. The van der Waals surface area contributed by atoms with Crippen LogP contribution in [0.5, 0.6) is 0 Å². The van der Waals surface area contributed by atoms with Crippen molar-refractivity contribution >= 4 is 11.3 Å². The highest BCUT2D eigenvalue weighted by Gasteiger charge is 1.90. The van der Waals surface area contributed by atoms with Crippen molar-refractivity contribution in [2.24, 2.45) is 0 Å². The van der Waals surface area contributed by atoms with Gasteiger partial charge >= 0.3 is 0 Å². The Hall–Kier alpha value is -5.47. The molecule has 8 heteroatoms. The molecule has 0 spiro atoms. The lowest BCUT2D eigenvalue weighted by Gasteiger charge is -1.93. The minimum atomic E-state index is 1.01. The molecule has 290 valence electrons. The summed E-state index contributed by atoms with van der Waals surface area (Å²) in [4.78, 5) is 29.4. The quantitative estimate of drug-likeness (QED) is 0.152. The lowest BCUT2D eigenvalue weighted by molar-refractivity contribution is 1.05. The zero-order valence-electron chi connectivity index (χ0n) is 35.5. The molecular weight excluding hydrogens is 695 g/mol. The molecule has 7 aromatic rings. The van der Waals surface area contributed by atoms with Crippen LogP contribution in [-0.4, -0.2) is 34.9 Å². The van der Waals surface area contributed by atoms with Gasteiger partial charge in [-0.15, -0.1) is 11.3 Å². The van der Waals surface area contributed by atoms with Gasteiger partial charge in [0.25, 0.3) is 0 Å². The summed E-state index contributed by atoms with van der Waals surface area (Å²) in [6.07, 6.45) is 14.1. The minimum absolute atomic E-state index is 1.01. The molecule has 0 saturated heterocycles. The lowest BCUT2D eigenvalue weighted by atomic mass is 10.1. The normalized spacial score (nSPS) is 9.27. The highest BCUT2D eigenvalue weighted by Crippen LogP contribution is 2.12. The number of aryl methyl sites for hydroxylation is 14. The van der Waals surface area contributed by atoms with Crippen LogP contribution in [0.3, 0.4) is 0 Å². The van der Waals surface area contributed by atoms with Gasteiger partial charge in [0.15, 0.2) is 0 Å². The van der Waals surface area contributed by atoms with Crippen molar-refractivity contribution in [3.63, 3.8) is 0 Å². The van der Waals surface area contributed by atoms with E-state index < -0.39 is 0 Å². The summed E-state index contributed by atoms with van der Waals surface area (Å²) in [5.41, 5.74) is 15.7. The number of rotatable bonds is 0.